The van der Waals surface area contributed by atoms with Crippen LogP contribution >= 0.6 is 0 Å². The number of hydrogen-bond donors (Lipinski definition) is 1. The van der Waals surface area contributed by atoms with Crippen LogP contribution in [0.15, 0.2) is 18.3 Å². The average molecular weight is 279 g/mol. The molecule has 0 aromatic carbocycles. The van der Waals surface area contributed by atoms with Gasteiger partial charge in [-0.05, 0) is 26.0 Å². The van der Waals surface area contributed by atoms with Crippen LogP contribution in [0.3, 0.4) is 0 Å². The van der Waals surface area contributed by atoms with Crippen molar-refractivity contribution in [2.24, 2.45) is 0 Å². The summed E-state index contributed by atoms with van der Waals surface area (Å²) in [7, 11) is 0. The molecule has 2 amide bonds. The van der Waals surface area contributed by atoms with E-state index in [1.165, 1.54) is 0 Å². The lowest BCUT2D eigenvalue weighted by atomic mass is 10.2. The van der Waals surface area contributed by atoms with Crippen LogP contribution < -0.4 is 0 Å². The van der Waals surface area contributed by atoms with Crippen LogP contribution in [-0.4, -0.2) is 64.1 Å². The second kappa shape index (κ2) is 6.09. The molecule has 2 rings (SSSR count). The highest BCUT2D eigenvalue weighted by atomic mass is 16.3. The maximum Gasteiger partial charge on any atom is 0.270 e. The van der Waals surface area contributed by atoms with E-state index in [1.807, 2.05) is 36.7 Å². The number of rotatable bonds is 3. The first-order valence-electron chi connectivity index (χ1n) is 6.89. The predicted molar refractivity (Wildman–Crippen MR) is 74.4 cm³/mol. The summed E-state index contributed by atoms with van der Waals surface area (Å²) >= 11 is 0. The van der Waals surface area contributed by atoms with Gasteiger partial charge in [0, 0.05) is 38.4 Å². The zero-order chi connectivity index (χ0) is 14.7. The van der Waals surface area contributed by atoms with Crippen molar-refractivity contribution in [1.82, 2.24) is 14.4 Å². The van der Waals surface area contributed by atoms with Gasteiger partial charge < -0.3 is 19.5 Å². The monoisotopic (exact) mass is 279 g/mol. The molecule has 1 N–H and O–H groups in total. The molecule has 110 valence electrons. The summed E-state index contributed by atoms with van der Waals surface area (Å²) < 4.78 is 1.95. The van der Waals surface area contributed by atoms with Gasteiger partial charge in [0.05, 0.1) is 0 Å². The Bertz CT molecular complexity index is 488. The Hall–Kier alpha value is -1.82. The normalized spacial score (nSPS) is 15.8. The van der Waals surface area contributed by atoms with E-state index < -0.39 is 6.61 Å². The maximum atomic E-state index is 12.5. The number of aliphatic hydroxyl groups excluding tert-OH is 1. The molecule has 0 unspecified atom stereocenters. The highest BCUT2D eigenvalue weighted by molar-refractivity contribution is 5.93. The van der Waals surface area contributed by atoms with Gasteiger partial charge in [0.15, 0.2) is 0 Å². The van der Waals surface area contributed by atoms with Gasteiger partial charge in [-0.2, -0.15) is 0 Å². The Kier molecular flexibility index (Phi) is 4.44. The van der Waals surface area contributed by atoms with Gasteiger partial charge in [0.2, 0.25) is 5.91 Å². The smallest absolute Gasteiger partial charge is 0.270 e. The zero-order valence-electron chi connectivity index (χ0n) is 12.0. The zero-order valence-corrected chi connectivity index (χ0v) is 12.0. The number of carbonyl (C=O) groups excluding carboxylic acids is 2. The number of amides is 2. The minimum absolute atomic E-state index is 0.000188. The fourth-order valence-corrected chi connectivity index (χ4v) is 2.45. The molecule has 20 heavy (non-hydrogen) atoms. The lowest BCUT2D eigenvalue weighted by Gasteiger charge is -2.34. The van der Waals surface area contributed by atoms with E-state index in [9.17, 15) is 9.59 Å². The summed E-state index contributed by atoms with van der Waals surface area (Å²) in [5, 5.41) is 8.83. The lowest BCUT2D eigenvalue weighted by molar-refractivity contribution is -0.135. The molecule has 1 aromatic rings. The van der Waals surface area contributed by atoms with E-state index in [4.69, 9.17) is 5.11 Å². The standard InChI is InChI=1S/C14H21N3O3/c1-11(2)17-5-3-4-12(17)14(20)16-8-6-15(7-9-16)13(19)10-18/h3-5,11,18H,6-10H2,1-2H3. The molecular formula is C14H21N3O3. The van der Waals surface area contributed by atoms with Crippen LogP contribution in [0.25, 0.3) is 0 Å². The summed E-state index contributed by atoms with van der Waals surface area (Å²) in [5.74, 6) is -0.276. The second-order valence-corrected chi connectivity index (χ2v) is 5.23. The predicted octanol–water partition coefficient (Wildman–Crippen LogP) is 0.346. The van der Waals surface area contributed by atoms with E-state index in [0.717, 1.165) is 0 Å². The van der Waals surface area contributed by atoms with Crippen molar-refractivity contribution >= 4 is 11.8 Å². The fraction of sp³-hybridized carbons (Fsp3) is 0.571. The van der Waals surface area contributed by atoms with Crippen molar-refractivity contribution in [2.75, 3.05) is 32.8 Å². The van der Waals surface area contributed by atoms with Gasteiger partial charge in [-0.15, -0.1) is 0 Å². The van der Waals surface area contributed by atoms with Crippen LogP contribution in [0.2, 0.25) is 0 Å². The fourth-order valence-electron chi connectivity index (χ4n) is 2.45. The molecular weight excluding hydrogens is 258 g/mol. The van der Waals surface area contributed by atoms with E-state index in [-0.39, 0.29) is 17.9 Å². The summed E-state index contributed by atoms with van der Waals surface area (Å²) in [6, 6.07) is 3.94. The summed E-state index contributed by atoms with van der Waals surface area (Å²) in [5.41, 5.74) is 0.682. The topological polar surface area (TPSA) is 65.8 Å². The van der Waals surface area contributed by atoms with Gasteiger partial charge in [-0.25, -0.2) is 0 Å². The highest BCUT2D eigenvalue weighted by Gasteiger charge is 2.26. The molecule has 1 fully saturated rings. The number of aromatic nitrogens is 1. The largest absolute Gasteiger partial charge is 0.387 e. The van der Waals surface area contributed by atoms with Crippen molar-refractivity contribution in [3.05, 3.63) is 24.0 Å². The quantitative estimate of drug-likeness (QED) is 0.868. The Balaban J connectivity index is 2.02. The number of piperazine rings is 1. The van der Waals surface area contributed by atoms with E-state index in [2.05, 4.69) is 0 Å². The van der Waals surface area contributed by atoms with Crippen molar-refractivity contribution in [3.8, 4) is 0 Å². The molecule has 0 aliphatic carbocycles. The number of hydrogen-bond acceptors (Lipinski definition) is 3. The third kappa shape index (κ3) is 2.85. The third-order valence-corrected chi connectivity index (χ3v) is 3.61. The van der Waals surface area contributed by atoms with E-state index in [1.54, 1.807) is 9.80 Å². The molecule has 0 bridgehead atoms. The van der Waals surface area contributed by atoms with Gasteiger partial charge in [0.25, 0.3) is 5.91 Å². The van der Waals surface area contributed by atoms with Crippen LogP contribution in [0.1, 0.15) is 30.4 Å². The van der Waals surface area contributed by atoms with Crippen LogP contribution in [-0.2, 0) is 4.79 Å². The minimum Gasteiger partial charge on any atom is -0.387 e. The van der Waals surface area contributed by atoms with Crippen molar-refractivity contribution < 1.29 is 14.7 Å². The second-order valence-electron chi connectivity index (χ2n) is 5.23. The summed E-state index contributed by atoms with van der Waals surface area (Å²) in [6.45, 7) is 5.58. The molecule has 6 nitrogen and oxygen atoms in total. The molecule has 0 atom stereocenters. The summed E-state index contributed by atoms with van der Waals surface area (Å²) in [4.78, 5) is 27.2. The van der Waals surface area contributed by atoms with Gasteiger partial charge in [-0.1, -0.05) is 0 Å². The molecule has 0 radical (unpaired) electrons. The average Bonchev–Trinajstić information content (AvgIpc) is 2.95. The van der Waals surface area contributed by atoms with Crippen molar-refractivity contribution in [1.29, 1.82) is 0 Å². The molecule has 6 heteroatoms. The molecule has 1 aromatic heterocycles. The molecule has 1 aliphatic rings. The number of carbonyl (C=O) groups is 2. The molecule has 1 saturated heterocycles. The van der Waals surface area contributed by atoms with Crippen molar-refractivity contribution in [3.63, 3.8) is 0 Å². The van der Waals surface area contributed by atoms with Crippen LogP contribution in [0.4, 0.5) is 0 Å². The minimum atomic E-state index is -0.468. The van der Waals surface area contributed by atoms with Gasteiger partial charge in [-0.3, -0.25) is 9.59 Å². The highest BCUT2D eigenvalue weighted by Crippen LogP contribution is 2.14. The lowest BCUT2D eigenvalue weighted by Crippen LogP contribution is -2.51. The van der Waals surface area contributed by atoms with E-state index >= 15 is 0 Å². The molecule has 0 spiro atoms. The summed E-state index contributed by atoms with van der Waals surface area (Å²) in [6.07, 6.45) is 1.91. The van der Waals surface area contributed by atoms with Crippen LogP contribution in [0, 0.1) is 0 Å². The molecule has 2 heterocycles. The van der Waals surface area contributed by atoms with Crippen molar-refractivity contribution in [2.45, 2.75) is 19.9 Å². The number of aliphatic hydroxyl groups is 1. The Morgan fingerprint density at radius 3 is 2.35 bits per heavy atom. The first kappa shape index (κ1) is 14.6. The first-order valence-corrected chi connectivity index (χ1v) is 6.89. The Morgan fingerprint density at radius 2 is 1.80 bits per heavy atom. The SMILES string of the molecule is CC(C)n1cccc1C(=O)N1CCN(C(=O)CO)CC1. The molecule has 1 aliphatic heterocycles. The Labute approximate surface area is 118 Å². The molecule has 0 saturated carbocycles. The number of nitrogens with zero attached hydrogens (tertiary/aromatic N) is 3. The first-order chi connectivity index (χ1) is 9.54. The maximum absolute atomic E-state index is 12.5. The third-order valence-electron chi connectivity index (χ3n) is 3.61. The van der Waals surface area contributed by atoms with Crippen LogP contribution in [0.5, 0.6) is 0 Å². The Morgan fingerprint density at radius 1 is 1.20 bits per heavy atom. The van der Waals surface area contributed by atoms with Gasteiger partial charge >= 0.3 is 0 Å². The van der Waals surface area contributed by atoms with Gasteiger partial charge in [0.1, 0.15) is 12.3 Å². The van der Waals surface area contributed by atoms with E-state index in [0.29, 0.717) is 31.9 Å².